The summed E-state index contributed by atoms with van der Waals surface area (Å²) in [5.41, 5.74) is -0.0524. The van der Waals surface area contributed by atoms with Gasteiger partial charge in [-0.25, -0.2) is 4.79 Å². The van der Waals surface area contributed by atoms with Crippen molar-refractivity contribution >= 4 is 22.6 Å². The van der Waals surface area contributed by atoms with Gasteiger partial charge in [-0.05, 0) is 23.1 Å². The van der Waals surface area contributed by atoms with Gasteiger partial charge in [0, 0.05) is 18.2 Å². The molecule has 6 heteroatoms. The second kappa shape index (κ2) is 5.71. The van der Waals surface area contributed by atoms with E-state index in [4.69, 9.17) is 4.74 Å². The fourth-order valence-electron chi connectivity index (χ4n) is 0.794. The Balaban J connectivity index is 0.00000196. The Labute approximate surface area is 90.5 Å². The van der Waals surface area contributed by atoms with Gasteiger partial charge in [0.2, 0.25) is 0 Å². The van der Waals surface area contributed by atoms with Crippen LogP contribution >= 0.6 is 0 Å². The molecule has 5 nitrogen and oxygen atoms in total. The Morgan fingerprint density at radius 2 is 1.93 bits per heavy atom. The van der Waals surface area contributed by atoms with Gasteiger partial charge < -0.3 is 4.74 Å². The molecule has 0 aliphatic heterocycles. The van der Waals surface area contributed by atoms with Gasteiger partial charge in [-0.15, -0.1) is 0 Å². The molecule has 0 unspecified atom stereocenters. The van der Waals surface area contributed by atoms with Crippen LogP contribution in [0.5, 0.6) is 5.75 Å². The maximum absolute atomic E-state index is 10.7. The fourth-order valence-corrected chi connectivity index (χ4v) is 0.794. The van der Waals surface area contributed by atoms with Crippen LogP contribution in [0.3, 0.4) is 0 Å². The van der Waals surface area contributed by atoms with Crippen molar-refractivity contribution in [2.45, 2.75) is 0 Å². The van der Waals surface area contributed by atoms with Crippen LogP contribution in [0.4, 0.5) is 5.69 Å². The second-order valence-corrected chi connectivity index (χ2v) is 2.38. The van der Waals surface area contributed by atoms with Crippen molar-refractivity contribution in [2.75, 3.05) is 0 Å². The number of ether oxygens (including phenoxy) is 1. The van der Waals surface area contributed by atoms with Gasteiger partial charge in [0.25, 0.3) is 5.69 Å². The molecule has 0 spiro atoms. The summed E-state index contributed by atoms with van der Waals surface area (Å²) >= 11 is 0. The van der Waals surface area contributed by atoms with Crippen molar-refractivity contribution in [1.29, 1.82) is 0 Å². The first-order valence-corrected chi connectivity index (χ1v) is 3.72. The molecular formula is C9H11NO4Si. The Morgan fingerprint density at radius 3 is 2.33 bits per heavy atom. The molecule has 0 atom stereocenters. The molecule has 0 amide bonds. The average molecular weight is 225 g/mol. The van der Waals surface area contributed by atoms with E-state index in [-0.39, 0.29) is 22.4 Å². The number of carbonyl (C=O) groups is 1. The van der Waals surface area contributed by atoms with Gasteiger partial charge in [-0.3, -0.25) is 10.1 Å². The van der Waals surface area contributed by atoms with Crippen LogP contribution < -0.4 is 4.74 Å². The van der Waals surface area contributed by atoms with Crippen molar-refractivity contribution in [3.05, 3.63) is 47.0 Å². The molecule has 0 heterocycles. The molecule has 0 radical (unpaired) electrons. The fraction of sp³-hybridized carbons (Fsp3) is 0. The smallest absolute Gasteiger partial charge is 0.335 e. The Hall–Kier alpha value is -1.95. The summed E-state index contributed by atoms with van der Waals surface area (Å²) in [6.07, 6.45) is 1.02. The molecule has 1 aromatic rings. The predicted molar refractivity (Wildman–Crippen MR) is 60.3 cm³/mol. The molecule has 80 valence electrons. The number of hydrogen-bond donors (Lipinski definition) is 0. The number of rotatable bonds is 3. The molecule has 0 N–H and O–H groups in total. The summed E-state index contributed by atoms with van der Waals surface area (Å²) in [5.74, 6) is -0.348. The lowest BCUT2D eigenvalue weighted by molar-refractivity contribution is -0.384. The van der Waals surface area contributed by atoms with Gasteiger partial charge in [0.05, 0.1) is 4.92 Å². The highest BCUT2D eigenvalue weighted by Gasteiger charge is 2.05. The first-order chi connectivity index (χ1) is 6.63. The maximum Gasteiger partial charge on any atom is 0.335 e. The molecule has 0 aliphatic carbocycles. The molecule has 1 rings (SSSR count). The van der Waals surface area contributed by atoms with E-state index in [9.17, 15) is 14.9 Å². The van der Waals surface area contributed by atoms with E-state index >= 15 is 0 Å². The minimum Gasteiger partial charge on any atom is -0.423 e. The number of hydrogen-bond acceptors (Lipinski definition) is 4. The standard InChI is InChI=1S/C9H7NO4.H4Si/c1-2-9(11)14-8-5-3-7(4-6-8)10(12)13;/h2-6H,1H2;1H4. The number of non-ortho nitro benzene ring substituents is 1. The van der Waals surface area contributed by atoms with Crippen LogP contribution in [0.1, 0.15) is 0 Å². The normalized spacial score (nSPS) is 8.53. The van der Waals surface area contributed by atoms with Crippen molar-refractivity contribution in [3.8, 4) is 5.75 Å². The molecule has 0 aromatic heterocycles. The number of carbonyl (C=O) groups excluding carboxylic acids is 1. The SMILES string of the molecule is C=CC(=O)Oc1ccc([N+](=O)[O-])cc1.[SiH4]. The lowest BCUT2D eigenvalue weighted by Crippen LogP contribution is -2.02. The molecule has 0 aliphatic rings. The largest absolute Gasteiger partial charge is 0.423 e. The van der Waals surface area contributed by atoms with Crippen LogP contribution in [0, 0.1) is 10.1 Å². The first-order valence-electron chi connectivity index (χ1n) is 3.72. The summed E-state index contributed by atoms with van der Waals surface area (Å²) in [5, 5.41) is 10.3. The molecule has 0 saturated carbocycles. The number of benzene rings is 1. The van der Waals surface area contributed by atoms with Crippen molar-refractivity contribution < 1.29 is 14.5 Å². The quantitative estimate of drug-likeness (QED) is 0.184. The third kappa shape index (κ3) is 3.73. The van der Waals surface area contributed by atoms with Crippen LogP contribution in [-0.4, -0.2) is 21.9 Å². The maximum atomic E-state index is 10.7. The number of nitro groups is 1. The number of nitrogens with zero attached hydrogens (tertiary/aromatic N) is 1. The van der Waals surface area contributed by atoms with Gasteiger partial charge in [-0.1, -0.05) is 6.58 Å². The molecular weight excluding hydrogens is 214 g/mol. The number of nitro benzene ring substituents is 1. The van der Waals surface area contributed by atoms with Crippen molar-refractivity contribution in [2.24, 2.45) is 0 Å². The minimum atomic E-state index is -0.598. The Morgan fingerprint density at radius 1 is 1.40 bits per heavy atom. The first kappa shape index (κ1) is 13.0. The Bertz CT molecular complexity index is 374. The second-order valence-electron chi connectivity index (χ2n) is 2.38. The number of esters is 1. The van der Waals surface area contributed by atoms with E-state index in [1.54, 1.807) is 0 Å². The molecule has 15 heavy (non-hydrogen) atoms. The summed E-state index contributed by atoms with van der Waals surface area (Å²) in [6.45, 7) is 3.22. The van der Waals surface area contributed by atoms with E-state index in [0.717, 1.165) is 6.08 Å². The van der Waals surface area contributed by atoms with Crippen molar-refractivity contribution in [3.63, 3.8) is 0 Å². The summed E-state index contributed by atoms with van der Waals surface area (Å²) < 4.78 is 4.72. The van der Waals surface area contributed by atoms with Gasteiger partial charge >= 0.3 is 5.97 Å². The highest BCUT2D eigenvalue weighted by molar-refractivity contribution is 5.83. The van der Waals surface area contributed by atoms with Crippen molar-refractivity contribution in [1.82, 2.24) is 0 Å². The zero-order valence-corrected chi connectivity index (χ0v) is 7.17. The van der Waals surface area contributed by atoms with E-state index in [0.29, 0.717) is 0 Å². The third-order valence-electron chi connectivity index (χ3n) is 1.43. The minimum absolute atomic E-state index is 0. The lowest BCUT2D eigenvalue weighted by Gasteiger charge is -1.99. The Kier molecular flexibility index (Phi) is 4.97. The lowest BCUT2D eigenvalue weighted by atomic mass is 10.3. The van der Waals surface area contributed by atoms with Crippen LogP contribution in [-0.2, 0) is 4.79 Å². The van der Waals surface area contributed by atoms with Gasteiger partial charge in [-0.2, -0.15) is 0 Å². The van der Waals surface area contributed by atoms with Crippen LogP contribution in [0.2, 0.25) is 0 Å². The summed E-state index contributed by atoms with van der Waals surface area (Å²) in [6, 6.07) is 5.20. The topological polar surface area (TPSA) is 69.4 Å². The van der Waals surface area contributed by atoms with E-state index < -0.39 is 10.9 Å². The molecule has 0 fully saturated rings. The highest BCUT2D eigenvalue weighted by Crippen LogP contribution is 2.17. The van der Waals surface area contributed by atoms with Gasteiger partial charge in [0.1, 0.15) is 5.75 Å². The van der Waals surface area contributed by atoms with E-state index in [1.165, 1.54) is 24.3 Å². The third-order valence-corrected chi connectivity index (χ3v) is 1.43. The van der Waals surface area contributed by atoms with Crippen LogP contribution in [0.15, 0.2) is 36.9 Å². The monoisotopic (exact) mass is 225 g/mol. The average Bonchev–Trinajstić information content (AvgIpc) is 2.18. The highest BCUT2D eigenvalue weighted by atomic mass is 28.1. The molecule has 1 aromatic carbocycles. The van der Waals surface area contributed by atoms with Crippen LogP contribution in [0.25, 0.3) is 0 Å². The zero-order chi connectivity index (χ0) is 10.6. The zero-order valence-electron chi connectivity index (χ0n) is 7.17. The molecule has 0 bridgehead atoms. The van der Waals surface area contributed by atoms with Gasteiger partial charge in [0.15, 0.2) is 0 Å². The van der Waals surface area contributed by atoms with E-state index in [2.05, 4.69) is 6.58 Å². The predicted octanol–water partition coefficient (Wildman–Crippen LogP) is 0.235. The molecule has 0 saturated heterocycles. The summed E-state index contributed by atoms with van der Waals surface area (Å²) in [7, 11) is 0. The summed E-state index contributed by atoms with van der Waals surface area (Å²) in [4.78, 5) is 20.5. The van der Waals surface area contributed by atoms with E-state index in [1.807, 2.05) is 0 Å².